The number of nitrogens with one attached hydrogen (secondary N) is 1. The molecule has 0 bridgehead atoms. The van der Waals surface area contributed by atoms with Crippen molar-refractivity contribution in [2.24, 2.45) is 0 Å². The average molecular weight is 328 g/mol. The Kier molecular flexibility index (Phi) is 4.37. The summed E-state index contributed by atoms with van der Waals surface area (Å²) in [6.07, 6.45) is 0.894. The van der Waals surface area contributed by atoms with Gasteiger partial charge in [0.1, 0.15) is 14.0 Å². The fourth-order valence-corrected chi connectivity index (χ4v) is 4.44. The molecule has 0 aliphatic heterocycles. The third kappa shape index (κ3) is 3.30. The number of rotatable bonds is 4. The summed E-state index contributed by atoms with van der Waals surface area (Å²) in [5, 5.41) is 8.60. The van der Waals surface area contributed by atoms with Gasteiger partial charge in [0.25, 0.3) is 15.9 Å². The number of nitrogens with zero attached hydrogens (tertiary/aromatic N) is 1. The van der Waals surface area contributed by atoms with Gasteiger partial charge < -0.3 is 10.1 Å². The smallest absolute Gasteiger partial charge is 0.264 e. The second kappa shape index (κ2) is 5.17. The molecule has 0 unspecified atom stereocenters. The molecule has 1 aromatic heterocycles. The van der Waals surface area contributed by atoms with Crippen molar-refractivity contribution in [1.29, 1.82) is 0 Å². The van der Waals surface area contributed by atoms with Crippen LogP contribution in [0.1, 0.15) is 9.67 Å². The Morgan fingerprint density at radius 2 is 1.84 bits per heavy atom. The SMILES string of the molecule is CN(C)C(=O)c1sc(S(C)(=O)=O)cc1S(=O)(=O)NO. The van der Waals surface area contributed by atoms with Crippen LogP contribution < -0.4 is 4.89 Å². The number of amides is 1. The van der Waals surface area contributed by atoms with Crippen LogP contribution in [0.4, 0.5) is 0 Å². The zero-order valence-corrected chi connectivity index (χ0v) is 12.7. The summed E-state index contributed by atoms with van der Waals surface area (Å²) in [6, 6.07) is 0.843. The third-order valence-electron chi connectivity index (χ3n) is 2.05. The minimum absolute atomic E-state index is 0.272. The van der Waals surface area contributed by atoms with Crippen LogP contribution in [-0.4, -0.2) is 53.2 Å². The van der Waals surface area contributed by atoms with E-state index in [9.17, 15) is 21.6 Å². The van der Waals surface area contributed by atoms with Crippen LogP contribution in [0.2, 0.25) is 0 Å². The van der Waals surface area contributed by atoms with E-state index < -0.39 is 30.7 Å². The summed E-state index contributed by atoms with van der Waals surface area (Å²) in [5.41, 5.74) is 0. The van der Waals surface area contributed by atoms with Gasteiger partial charge in [-0.2, -0.15) is 0 Å². The molecule has 0 spiro atoms. The van der Waals surface area contributed by atoms with Crippen LogP contribution >= 0.6 is 11.3 Å². The van der Waals surface area contributed by atoms with Gasteiger partial charge in [-0.1, -0.05) is 4.89 Å². The van der Waals surface area contributed by atoms with E-state index in [2.05, 4.69) is 0 Å². The minimum Gasteiger partial charge on any atom is -0.344 e. The Hall–Kier alpha value is -1.01. The second-order valence-corrected chi connectivity index (χ2v) is 8.75. The lowest BCUT2D eigenvalue weighted by molar-refractivity contribution is 0.0828. The van der Waals surface area contributed by atoms with E-state index in [1.165, 1.54) is 14.1 Å². The summed E-state index contributed by atoms with van der Waals surface area (Å²) in [5.74, 6) is -0.672. The maximum atomic E-state index is 11.8. The summed E-state index contributed by atoms with van der Waals surface area (Å²) in [7, 11) is -5.21. The molecule has 0 aromatic carbocycles. The highest BCUT2D eigenvalue weighted by Crippen LogP contribution is 2.30. The number of hydrogen-bond acceptors (Lipinski definition) is 7. The largest absolute Gasteiger partial charge is 0.344 e. The summed E-state index contributed by atoms with van der Waals surface area (Å²) >= 11 is 0.536. The van der Waals surface area contributed by atoms with Gasteiger partial charge in [0, 0.05) is 20.4 Å². The van der Waals surface area contributed by atoms with Gasteiger partial charge in [0.2, 0.25) is 0 Å². The van der Waals surface area contributed by atoms with Gasteiger partial charge in [-0.3, -0.25) is 4.79 Å². The Labute approximate surface area is 114 Å². The van der Waals surface area contributed by atoms with E-state index in [0.29, 0.717) is 11.3 Å². The first-order chi connectivity index (χ1) is 8.50. The molecule has 0 radical (unpaired) electrons. The number of carbonyl (C=O) groups excluding carboxylic acids is 1. The first-order valence-electron chi connectivity index (χ1n) is 4.72. The van der Waals surface area contributed by atoms with Gasteiger partial charge in [-0.25, -0.2) is 16.8 Å². The van der Waals surface area contributed by atoms with Gasteiger partial charge >= 0.3 is 0 Å². The van der Waals surface area contributed by atoms with Gasteiger partial charge in [-0.15, -0.1) is 11.3 Å². The van der Waals surface area contributed by atoms with E-state index in [1.807, 2.05) is 0 Å². The van der Waals surface area contributed by atoms with E-state index >= 15 is 0 Å². The molecule has 0 saturated heterocycles. The van der Waals surface area contributed by atoms with Crippen molar-refractivity contribution >= 4 is 37.1 Å². The number of hydrogen-bond donors (Lipinski definition) is 2. The molecule has 1 heterocycles. The molecule has 1 aromatic rings. The topological polar surface area (TPSA) is 121 Å². The molecule has 8 nitrogen and oxygen atoms in total. The van der Waals surface area contributed by atoms with E-state index in [1.54, 1.807) is 0 Å². The number of sulfone groups is 1. The quantitative estimate of drug-likeness (QED) is 0.720. The molecule has 2 N–H and O–H groups in total. The lowest BCUT2D eigenvalue weighted by Crippen LogP contribution is -2.25. The van der Waals surface area contributed by atoms with Crippen molar-refractivity contribution < 1.29 is 26.8 Å². The predicted octanol–water partition coefficient (Wildman–Crippen LogP) is -0.479. The monoisotopic (exact) mass is 328 g/mol. The molecular formula is C8H12N2O6S3. The highest BCUT2D eigenvalue weighted by Gasteiger charge is 2.29. The van der Waals surface area contributed by atoms with E-state index in [0.717, 1.165) is 22.1 Å². The Morgan fingerprint density at radius 1 is 1.32 bits per heavy atom. The summed E-state index contributed by atoms with van der Waals surface area (Å²) < 4.78 is 45.7. The van der Waals surface area contributed by atoms with E-state index in [-0.39, 0.29) is 9.09 Å². The van der Waals surface area contributed by atoms with Crippen molar-refractivity contribution in [3.05, 3.63) is 10.9 Å². The Morgan fingerprint density at radius 3 is 2.21 bits per heavy atom. The molecule has 11 heteroatoms. The molecule has 0 atom stereocenters. The number of thiophene rings is 1. The van der Waals surface area contributed by atoms with Crippen LogP contribution in [0, 0.1) is 0 Å². The molecule has 19 heavy (non-hydrogen) atoms. The minimum atomic E-state index is -4.34. The van der Waals surface area contributed by atoms with Crippen LogP contribution in [-0.2, 0) is 19.9 Å². The normalized spacial score (nSPS) is 12.4. The molecule has 108 valence electrons. The molecule has 0 aliphatic rings. The number of sulfonamides is 1. The van der Waals surface area contributed by atoms with Gasteiger partial charge in [0.05, 0.1) is 0 Å². The van der Waals surface area contributed by atoms with Crippen LogP contribution in [0.5, 0.6) is 0 Å². The van der Waals surface area contributed by atoms with Crippen LogP contribution in [0.15, 0.2) is 15.2 Å². The van der Waals surface area contributed by atoms with Crippen molar-refractivity contribution in [1.82, 2.24) is 9.79 Å². The zero-order valence-electron chi connectivity index (χ0n) is 10.2. The highest BCUT2D eigenvalue weighted by molar-refractivity contribution is 7.93. The predicted molar refractivity (Wildman–Crippen MR) is 67.6 cm³/mol. The fraction of sp³-hybridized carbons (Fsp3) is 0.375. The second-order valence-electron chi connectivity index (χ2n) is 3.83. The van der Waals surface area contributed by atoms with Gasteiger partial charge in [0.15, 0.2) is 9.84 Å². The van der Waals surface area contributed by atoms with Crippen molar-refractivity contribution in [2.45, 2.75) is 9.10 Å². The Balaban J connectivity index is 3.62. The first kappa shape index (κ1) is 16.0. The third-order valence-corrected chi connectivity index (χ3v) is 6.25. The Bertz CT molecular complexity index is 701. The lowest BCUT2D eigenvalue weighted by Gasteiger charge is -2.09. The maximum absolute atomic E-state index is 11.8. The molecule has 1 amide bonds. The van der Waals surface area contributed by atoms with Crippen molar-refractivity contribution in [3.8, 4) is 0 Å². The molecular weight excluding hydrogens is 316 g/mol. The van der Waals surface area contributed by atoms with Crippen molar-refractivity contribution in [3.63, 3.8) is 0 Å². The average Bonchev–Trinajstić information content (AvgIpc) is 2.72. The lowest BCUT2D eigenvalue weighted by atomic mass is 10.4. The van der Waals surface area contributed by atoms with E-state index in [4.69, 9.17) is 5.21 Å². The summed E-state index contributed by atoms with van der Waals surface area (Å²) in [6.45, 7) is 0. The van der Waals surface area contributed by atoms with Gasteiger partial charge in [-0.05, 0) is 6.07 Å². The number of carbonyl (C=O) groups is 1. The molecule has 0 saturated carbocycles. The highest BCUT2D eigenvalue weighted by atomic mass is 32.2. The van der Waals surface area contributed by atoms with Crippen LogP contribution in [0.25, 0.3) is 0 Å². The summed E-state index contributed by atoms with van der Waals surface area (Å²) in [4.78, 5) is 13.2. The van der Waals surface area contributed by atoms with Crippen molar-refractivity contribution in [2.75, 3.05) is 20.4 Å². The first-order valence-corrected chi connectivity index (χ1v) is 8.91. The maximum Gasteiger partial charge on any atom is 0.264 e. The molecule has 1 rings (SSSR count). The fourth-order valence-electron chi connectivity index (χ4n) is 1.14. The standard InChI is InChI=1S/C8H12N2O6S3/c1-10(2)8(11)7-5(19(15,16)9-12)4-6(17-7)18(3,13)14/h4,9,12H,1-3H3. The molecule has 0 fully saturated rings. The van der Waals surface area contributed by atoms with Crippen LogP contribution in [0.3, 0.4) is 0 Å². The molecule has 0 aliphatic carbocycles. The zero-order chi connectivity index (χ0) is 15.0.